The van der Waals surface area contributed by atoms with Gasteiger partial charge in [-0.15, -0.1) is 0 Å². The summed E-state index contributed by atoms with van der Waals surface area (Å²) < 4.78 is 10.9. The molecule has 6 nitrogen and oxygen atoms in total. The number of methoxy groups -OCH3 is 1. The molecule has 0 spiro atoms. The lowest BCUT2D eigenvalue weighted by atomic mass is 9.70. The molecule has 1 rings (SSSR count). The Hall–Kier alpha value is -1.14. The van der Waals surface area contributed by atoms with Crippen LogP contribution in [0.1, 0.15) is 87.5 Å². The molecular weight excluding hydrogens is 346 g/mol. The first-order valence-electron chi connectivity index (χ1n) is 9.96. The first-order valence-corrected chi connectivity index (χ1v) is 9.96. The van der Waals surface area contributed by atoms with Crippen LogP contribution in [-0.2, 0) is 19.1 Å². The van der Waals surface area contributed by atoms with Crippen molar-refractivity contribution in [2.45, 2.75) is 105 Å². The van der Waals surface area contributed by atoms with Crippen LogP contribution >= 0.6 is 0 Å². The Morgan fingerprint density at radius 2 is 1.41 bits per heavy atom. The fraction of sp³-hybridized carbons (Fsp3) is 0.905. The Balaban J connectivity index is 2.99. The molecule has 0 aromatic rings. The minimum absolute atomic E-state index is 0.275. The van der Waals surface area contributed by atoms with Gasteiger partial charge >= 0.3 is 11.9 Å². The second-order valence-electron chi connectivity index (χ2n) is 9.87. The number of hydroxylamine groups is 2. The van der Waals surface area contributed by atoms with Crippen molar-refractivity contribution in [1.29, 1.82) is 0 Å². The van der Waals surface area contributed by atoms with Crippen molar-refractivity contribution in [3.8, 4) is 0 Å². The van der Waals surface area contributed by atoms with E-state index in [0.29, 0.717) is 32.1 Å². The third kappa shape index (κ3) is 5.02. The molecule has 27 heavy (non-hydrogen) atoms. The molecule has 158 valence electrons. The van der Waals surface area contributed by atoms with E-state index in [1.807, 2.05) is 55.4 Å². The highest BCUT2D eigenvalue weighted by atomic mass is 16.6. The average molecular weight is 386 g/mol. The molecule has 2 atom stereocenters. The minimum atomic E-state index is -0.774. The second kappa shape index (κ2) is 8.08. The summed E-state index contributed by atoms with van der Waals surface area (Å²) in [5, 5.41) is 11.8. The predicted octanol–water partition coefficient (Wildman–Crippen LogP) is 4.34. The standard InChI is InChI=1S/C21H39NO5/c1-10-20(7,16(23)26-9)14-21(8,11-2)17(24)27-15-12-18(3,4)22(25)19(5,6)13-15/h15,25H,10-14H2,1-9H3. The van der Waals surface area contributed by atoms with Gasteiger partial charge in [-0.1, -0.05) is 13.8 Å². The first kappa shape index (κ1) is 23.9. The van der Waals surface area contributed by atoms with Crippen molar-refractivity contribution in [2.24, 2.45) is 10.8 Å². The van der Waals surface area contributed by atoms with Gasteiger partial charge in [0.25, 0.3) is 0 Å². The minimum Gasteiger partial charge on any atom is -0.469 e. The average Bonchev–Trinajstić information content (AvgIpc) is 2.57. The molecule has 0 saturated carbocycles. The van der Waals surface area contributed by atoms with Gasteiger partial charge in [-0.05, 0) is 60.8 Å². The largest absolute Gasteiger partial charge is 0.469 e. The Morgan fingerprint density at radius 3 is 1.78 bits per heavy atom. The smallest absolute Gasteiger partial charge is 0.312 e. The summed E-state index contributed by atoms with van der Waals surface area (Å²) >= 11 is 0. The van der Waals surface area contributed by atoms with Crippen molar-refractivity contribution >= 4 is 11.9 Å². The van der Waals surface area contributed by atoms with E-state index in [0.717, 1.165) is 0 Å². The van der Waals surface area contributed by atoms with Crippen molar-refractivity contribution < 1.29 is 24.3 Å². The molecular formula is C21H39NO5. The number of hydrogen-bond acceptors (Lipinski definition) is 6. The summed E-state index contributed by atoms with van der Waals surface area (Å²) in [5.74, 6) is -0.579. The quantitative estimate of drug-likeness (QED) is 0.657. The van der Waals surface area contributed by atoms with Crippen LogP contribution in [0.2, 0.25) is 0 Å². The van der Waals surface area contributed by atoms with Gasteiger partial charge in [-0.25, -0.2) is 0 Å². The Labute approximate surface area is 164 Å². The molecule has 0 aromatic carbocycles. The fourth-order valence-electron chi connectivity index (χ4n) is 4.35. The number of nitrogens with zero attached hydrogens (tertiary/aromatic N) is 1. The zero-order valence-electron chi connectivity index (χ0n) is 18.6. The number of hydrogen-bond donors (Lipinski definition) is 1. The van der Waals surface area contributed by atoms with E-state index in [9.17, 15) is 14.8 Å². The van der Waals surface area contributed by atoms with Crippen LogP contribution in [0.5, 0.6) is 0 Å². The number of ether oxygens (including phenoxy) is 2. The summed E-state index contributed by atoms with van der Waals surface area (Å²) in [6.07, 6.45) is 2.38. The first-order chi connectivity index (χ1) is 12.2. The summed E-state index contributed by atoms with van der Waals surface area (Å²) in [7, 11) is 1.38. The van der Waals surface area contributed by atoms with E-state index in [-0.39, 0.29) is 18.0 Å². The number of rotatable bonds is 7. The highest BCUT2D eigenvalue weighted by molar-refractivity contribution is 5.80. The lowest BCUT2D eigenvalue weighted by Crippen LogP contribution is -2.61. The Bertz CT molecular complexity index is 541. The van der Waals surface area contributed by atoms with Gasteiger partial charge in [0.2, 0.25) is 0 Å². The van der Waals surface area contributed by atoms with Crippen LogP contribution in [0.25, 0.3) is 0 Å². The van der Waals surface area contributed by atoms with Crippen LogP contribution in [0.3, 0.4) is 0 Å². The zero-order valence-corrected chi connectivity index (χ0v) is 18.6. The van der Waals surface area contributed by atoms with E-state index in [1.54, 1.807) is 0 Å². The topological polar surface area (TPSA) is 76.1 Å². The Morgan fingerprint density at radius 1 is 1.00 bits per heavy atom. The lowest BCUT2D eigenvalue weighted by Gasteiger charge is -2.51. The van der Waals surface area contributed by atoms with E-state index >= 15 is 0 Å². The molecule has 1 fully saturated rings. The lowest BCUT2D eigenvalue weighted by molar-refractivity contribution is -0.260. The van der Waals surface area contributed by atoms with E-state index in [1.165, 1.54) is 12.2 Å². The fourth-order valence-corrected chi connectivity index (χ4v) is 4.35. The van der Waals surface area contributed by atoms with Crippen LogP contribution in [-0.4, -0.2) is 46.5 Å². The molecule has 0 radical (unpaired) electrons. The van der Waals surface area contributed by atoms with Crippen LogP contribution in [0.15, 0.2) is 0 Å². The zero-order chi connectivity index (χ0) is 21.3. The summed E-state index contributed by atoms with van der Waals surface area (Å²) in [6.45, 7) is 15.4. The van der Waals surface area contributed by atoms with Gasteiger partial charge in [0.15, 0.2) is 0 Å². The van der Waals surface area contributed by atoms with Crippen molar-refractivity contribution in [3.63, 3.8) is 0 Å². The summed E-state index contributed by atoms with van der Waals surface area (Å²) in [5.41, 5.74) is -2.48. The maximum Gasteiger partial charge on any atom is 0.312 e. The number of carbonyl (C=O) groups is 2. The van der Waals surface area contributed by atoms with Gasteiger partial charge in [0.1, 0.15) is 6.10 Å². The predicted molar refractivity (Wildman–Crippen MR) is 104 cm³/mol. The Kier molecular flexibility index (Phi) is 7.15. The summed E-state index contributed by atoms with van der Waals surface area (Å²) in [6, 6.07) is 0. The van der Waals surface area contributed by atoms with Crippen molar-refractivity contribution in [2.75, 3.05) is 7.11 Å². The molecule has 0 aliphatic carbocycles. The van der Waals surface area contributed by atoms with Gasteiger partial charge in [-0.2, -0.15) is 5.06 Å². The number of piperidine rings is 1. The second-order valence-corrected chi connectivity index (χ2v) is 9.87. The maximum atomic E-state index is 13.1. The molecule has 0 bridgehead atoms. The normalized spacial score (nSPS) is 24.5. The van der Waals surface area contributed by atoms with Crippen LogP contribution in [0, 0.1) is 10.8 Å². The molecule has 6 heteroatoms. The molecule has 1 aliphatic rings. The van der Waals surface area contributed by atoms with Gasteiger partial charge < -0.3 is 14.7 Å². The molecule has 1 N–H and O–H groups in total. The van der Waals surface area contributed by atoms with E-state index in [2.05, 4.69) is 0 Å². The molecule has 2 unspecified atom stereocenters. The van der Waals surface area contributed by atoms with Crippen molar-refractivity contribution in [3.05, 3.63) is 0 Å². The number of esters is 2. The van der Waals surface area contributed by atoms with Crippen LogP contribution < -0.4 is 0 Å². The number of carbonyl (C=O) groups excluding carboxylic acids is 2. The van der Waals surface area contributed by atoms with Crippen LogP contribution in [0.4, 0.5) is 0 Å². The third-order valence-corrected chi connectivity index (χ3v) is 6.39. The van der Waals surface area contributed by atoms with E-state index < -0.39 is 21.9 Å². The summed E-state index contributed by atoms with van der Waals surface area (Å²) in [4.78, 5) is 25.4. The highest BCUT2D eigenvalue weighted by Crippen LogP contribution is 2.43. The molecule has 1 saturated heterocycles. The third-order valence-electron chi connectivity index (χ3n) is 6.39. The molecule has 0 aromatic heterocycles. The van der Waals surface area contributed by atoms with E-state index in [4.69, 9.17) is 9.47 Å². The SMILES string of the molecule is CCC(C)(CC(C)(CC)C(=O)OC1CC(C)(C)N(O)C(C)(C)C1)C(=O)OC. The maximum absolute atomic E-state index is 13.1. The van der Waals surface area contributed by atoms with Gasteiger partial charge in [0.05, 0.1) is 17.9 Å². The molecule has 1 heterocycles. The van der Waals surface area contributed by atoms with Crippen molar-refractivity contribution in [1.82, 2.24) is 5.06 Å². The highest BCUT2D eigenvalue weighted by Gasteiger charge is 2.49. The van der Waals surface area contributed by atoms with Gasteiger partial charge in [0, 0.05) is 23.9 Å². The van der Waals surface area contributed by atoms with Gasteiger partial charge in [-0.3, -0.25) is 9.59 Å². The molecule has 0 amide bonds. The monoisotopic (exact) mass is 385 g/mol. The molecule has 1 aliphatic heterocycles.